The van der Waals surface area contributed by atoms with Crippen LogP contribution in [0.15, 0.2) is 29.6 Å². The molecule has 1 aliphatic rings. The molecule has 1 heterocycles. The number of amides is 1. The summed E-state index contributed by atoms with van der Waals surface area (Å²) in [7, 11) is 0. The number of aromatic nitrogens is 1. The Morgan fingerprint density at radius 3 is 2.67 bits per heavy atom. The summed E-state index contributed by atoms with van der Waals surface area (Å²) in [5.74, 6) is 1.09. The van der Waals surface area contributed by atoms with E-state index in [1.807, 2.05) is 12.3 Å². The van der Waals surface area contributed by atoms with E-state index in [0.717, 1.165) is 11.4 Å². The fourth-order valence-corrected chi connectivity index (χ4v) is 3.18. The van der Waals surface area contributed by atoms with Gasteiger partial charge in [0.1, 0.15) is 5.75 Å². The Labute approximate surface area is 145 Å². The zero-order chi connectivity index (χ0) is 16.9. The van der Waals surface area contributed by atoms with Crippen LogP contribution in [0.4, 0.5) is 5.13 Å². The second-order valence-electron chi connectivity index (χ2n) is 5.78. The highest BCUT2D eigenvalue weighted by atomic mass is 32.1. The van der Waals surface area contributed by atoms with Gasteiger partial charge in [-0.3, -0.25) is 9.59 Å². The second-order valence-corrected chi connectivity index (χ2v) is 6.64. The molecule has 0 spiro atoms. The minimum atomic E-state index is -0.175. The van der Waals surface area contributed by atoms with Crippen LogP contribution in [-0.4, -0.2) is 23.3 Å². The molecule has 1 aliphatic carbocycles. The normalized spacial score (nSPS) is 13.5. The molecule has 5 nitrogen and oxygen atoms in total. The topological polar surface area (TPSA) is 68.3 Å². The number of thiazole rings is 1. The molecule has 6 heteroatoms. The number of nitrogens with zero attached hydrogens (tertiary/aromatic N) is 1. The Bertz CT molecular complexity index is 720. The van der Waals surface area contributed by atoms with Crippen LogP contribution in [0.25, 0.3) is 0 Å². The molecule has 1 saturated carbocycles. The molecule has 1 amide bonds. The molecule has 1 N–H and O–H groups in total. The summed E-state index contributed by atoms with van der Waals surface area (Å²) in [6, 6.07) is 7.00. The summed E-state index contributed by atoms with van der Waals surface area (Å²) in [4.78, 5) is 28.5. The number of carbonyl (C=O) groups excluding carboxylic acids is 2. The molecule has 0 aliphatic heterocycles. The molecule has 2 aromatic rings. The van der Waals surface area contributed by atoms with Gasteiger partial charge in [-0.25, -0.2) is 4.98 Å². The monoisotopic (exact) mass is 344 g/mol. The average molecular weight is 344 g/mol. The Morgan fingerprint density at radius 2 is 2.00 bits per heavy atom. The number of benzene rings is 1. The molecule has 1 fully saturated rings. The lowest BCUT2D eigenvalue weighted by Gasteiger charge is -2.05. The number of anilines is 1. The summed E-state index contributed by atoms with van der Waals surface area (Å²) >= 11 is 1.44. The van der Waals surface area contributed by atoms with E-state index in [-0.39, 0.29) is 24.5 Å². The first kappa shape index (κ1) is 16.6. The highest BCUT2D eigenvalue weighted by molar-refractivity contribution is 7.13. The van der Waals surface area contributed by atoms with E-state index in [9.17, 15) is 9.59 Å². The lowest BCUT2D eigenvalue weighted by molar-refractivity contribution is -0.116. The third-order valence-electron chi connectivity index (χ3n) is 3.83. The molecule has 1 aromatic heterocycles. The maximum Gasteiger partial charge on any atom is 0.226 e. The standard InChI is InChI=1S/C18H20N2O3S/c1-2-23-14-7-5-13(6-8-14)16(21)9-10-17(22)20-18-19-15(11-24-18)12-3-4-12/h5-8,11-12H,2-4,9-10H2,1H3,(H,19,20,22). The van der Waals surface area contributed by atoms with Crippen molar-refractivity contribution in [2.24, 2.45) is 0 Å². The zero-order valence-corrected chi connectivity index (χ0v) is 14.4. The molecule has 0 radical (unpaired) electrons. The molecule has 1 aromatic carbocycles. The smallest absolute Gasteiger partial charge is 0.226 e. The molecule has 0 saturated heterocycles. The molecular formula is C18H20N2O3S. The van der Waals surface area contributed by atoms with E-state index in [1.54, 1.807) is 24.3 Å². The molecule has 0 atom stereocenters. The Kier molecular flexibility index (Phi) is 5.25. The maximum absolute atomic E-state index is 12.1. The third kappa shape index (κ3) is 4.41. The van der Waals surface area contributed by atoms with Crippen molar-refractivity contribution in [3.63, 3.8) is 0 Å². The third-order valence-corrected chi connectivity index (χ3v) is 4.61. The molecule has 0 unspecified atom stereocenters. The van der Waals surface area contributed by atoms with Gasteiger partial charge in [0.2, 0.25) is 5.91 Å². The van der Waals surface area contributed by atoms with Crippen molar-refractivity contribution in [3.05, 3.63) is 40.9 Å². The Hall–Kier alpha value is -2.21. The predicted molar refractivity (Wildman–Crippen MR) is 93.9 cm³/mol. The van der Waals surface area contributed by atoms with Gasteiger partial charge in [-0.05, 0) is 44.0 Å². The summed E-state index contributed by atoms with van der Waals surface area (Å²) < 4.78 is 5.35. The molecule has 0 bridgehead atoms. The van der Waals surface area contributed by atoms with Crippen LogP contribution in [0.1, 0.15) is 54.6 Å². The second kappa shape index (κ2) is 7.57. The van der Waals surface area contributed by atoms with Gasteiger partial charge >= 0.3 is 0 Å². The van der Waals surface area contributed by atoms with Gasteiger partial charge in [0.05, 0.1) is 12.3 Å². The molecule has 3 rings (SSSR count). The summed E-state index contributed by atoms with van der Waals surface area (Å²) in [5, 5.41) is 5.39. The van der Waals surface area contributed by atoms with Crippen molar-refractivity contribution in [1.82, 2.24) is 4.98 Å². The minimum absolute atomic E-state index is 0.0500. The molecular weight excluding hydrogens is 324 g/mol. The van der Waals surface area contributed by atoms with Crippen molar-refractivity contribution >= 4 is 28.2 Å². The summed E-state index contributed by atoms with van der Waals surface area (Å²) in [6.45, 7) is 2.50. The SMILES string of the molecule is CCOc1ccc(C(=O)CCC(=O)Nc2nc(C3CC3)cs2)cc1. The van der Waals surface area contributed by atoms with Gasteiger partial charge in [-0.15, -0.1) is 11.3 Å². The van der Waals surface area contributed by atoms with Gasteiger partial charge in [0.15, 0.2) is 10.9 Å². The number of carbonyl (C=O) groups is 2. The van der Waals surface area contributed by atoms with E-state index in [1.165, 1.54) is 24.2 Å². The summed E-state index contributed by atoms with van der Waals surface area (Å²) in [6.07, 6.45) is 2.71. The number of Topliss-reactive ketones (excluding diaryl/α,β-unsaturated/α-hetero) is 1. The van der Waals surface area contributed by atoms with Gasteiger partial charge < -0.3 is 10.1 Å². The average Bonchev–Trinajstić information content (AvgIpc) is 3.34. The molecule has 126 valence electrons. The Balaban J connectivity index is 1.46. The number of rotatable bonds is 8. The lowest BCUT2D eigenvalue weighted by Crippen LogP contribution is -2.13. The van der Waals surface area contributed by atoms with Crippen LogP contribution >= 0.6 is 11.3 Å². The lowest BCUT2D eigenvalue weighted by atomic mass is 10.1. The van der Waals surface area contributed by atoms with E-state index in [4.69, 9.17) is 4.74 Å². The highest BCUT2D eigenvalue weighted by Crippen LogP contribution is 2.40. The quantitative estimate of drug-likeness (QED) is 0.734. The Morgan fingerprint density at radius 1 is 1.25 bits per heavy atom. The number of ketones is 1. The fraction of sp³-hybridized carbons (Fsp3) is 0.389. The predicted octanol–water partition coefficient (Wildman–Crippen LogP) is 4.02. The van der Waals surface area contributed by atoms with E-state index >= 15 is 0 Å². The van der Waals surface area contributed by atoms with Crippen molar-refractivity contribution in [2.75, 3.05) is 11.9 Å². The number of nitrogens with one attached hydrogen (secondary N) is 1. The van der Waals surface area contributed by atoms with Crippen LogP contribution < -0.4 is 10.1 Å². The van der Waals surface area contributed by atoms with Gasteiger partial charge in [-0.2, -0.15) is 0 Å². The zero-order valence-electron chi connectivity index (χ0n) is 13.6. The van der Waals surface area contributed by atoms with Gasteiger partial charge in [0, 0.05) is 29.7 Å². The fourth-order valence-electron chi connectivity index (χ4n) is 2.37. The first-order chi connectivity index (χ1) is 11.7. The number of ether oxygens (including phenoxy) is 1. The van der Waals surface area contributed by atoms with Crippen LogP contribution in [0.3, 0.4) is 0 Å². The van der Waals surface area contributed by atoms with Crippen molar-refractivity contribution < 1.29 is 14.3 Å². The van der Waals surface area contributed by atoms with Crippen LogP contribution in [0.5, 0.6) is 5.75 Å². The van der Waals surface area contributed by atoms with Crippen LogP contribution in [0, 0.1) is 0 Å². The van der Waals surface area contributed by atoms with Crippen LogP contribution in [-0.2, 0) is 4.79 Å². The molecule has 24 heavy (non-hydrogen) atoms. The van der Waals surface area contributed by atoms with E-state index in [2.05, 4.69) is 10.3 Å². The van der Waals surface area contributed by atoms with E-state index < -0.39 is 0 Å². The first-order valence-corrected chi connectivity index (χ1v) is 9.05. The van der Waals surface area contributed by atoms with Crippen LogP contribution in [0.2, 0.25) is 0 Å². The first-order valence-electron chi connectivity index (χ1n) is 8.17. The van der Waals surface area contributed by atoms with Gasteiger partial charge in [-0.1, -0.05) is 0 Å². The van der Waals surface area contributed by atoms with Crippen molar-refractivity contribution in [1.29, 1.82) is 0 Å². The van der Waals surface area contributed by atoms with Gasteiger partial charge in [0.25, 0.3) is 0 Å². The van der Waals surface area contributed by atoms with Crippen molar-refractivity contribution in [2.45, 2.75) is 38.5 Å². The largest absolute Gasteiger partial charge is 0.494 e. The summed E-state index contributed by atoms with van der Waals surface area (Å²) in [5.41, 5.74) is 1.66. The maximum atomic E-state index is 12.1. The minimum Gasteiger partial charge on any atom is -0.494 e. The van der Waals surface area contributed by atoms with E-state index in [0.29, 0.717) is 23.2 Å². The number of hydrogen-bond acceptors (Lipinski definition) is 5. The highest BCUT2D eigenvalue weighted by Gasteiger charge is 2.26. The number of hydrogen-bond donors (Lipinski definition) is 1. The van der Waals surface area contributed by atoms with Crippen molar-refractivity contribution in [3.8, 4) is 5.75 Å².